The molecule has 0 radical (unpaired) electrons. The molecule has 1 atom stereocenters. The highest BCUT2D eigenvalue weighted by Gasteiger charge is 2.36. The number of anilines is 1. The first kappa shape index (κ1) is 12.8. The van der Waals surface area contributed by atoms with Gasteiger partial charge >= 0.3 is 0 Å². The molecule has 1 aromatic rings. The predicted octanol–water partition coefficient (Wildman–Crippen LogP) is 0.633. The first-order valence-corrected chi connectivity index (χ1v) is 7.14. The molecule has 0 aliphatic carbocycles. The molecule has 0 aromatic heterocycles. The second kappa shape index (κ2) is 4.89. The summed E-state index contributed by atoms with van der Waals surface area (Å²) in [6.45, 7) is 1.97. The van der Waals surface area contributed by atoms with E-state index in [1.807, 2.05) is 0 Å². The number of nitrogens with two attached hydrogens (primary N) is 1. The van der Waals surface area contributed by atoms with Gasteiger partial charge in [-0.25, -0.2) is 0 Å². The summed E-state index contributed by atoms with van der Waals surface area (Å²) in [5.41, 5.74) is 6.62. The van der Waals surface area contributed by atoms with Crippen LogP contribution in [0.1, 0.15) is 27.6 Å². The summed E-state index contributed by atoms with van der Waals surface area (Å²) in [6.07, 6.45) is 0. The van der Waals surface area contributed by atoms with E-state index < -0.39 is 10.8 Å². The van der Waals surface area contributed by atoms with Crippen LogP contribution in [0.25, 0.3) is 0 Å². The molecule has 0 bridgehead atoms. The molecule has 2 N–H and O–H groups in total. The number of fused-ring (bicyclic) bond motifs is 1. The lowest BCUT2D eigenvalue weighted by Crippen LogP contribution is -2.33. The Morgan fingerprint density at radius 1 is 1.28 bits per heavy atom. The van der Waals surface area contributed by atoms with Gasteiger partial charge in [0, 0.05) is 34.5 Å². The largest absolute Gasteiger partial charge is 0.398 e. The molecular formula is C12H14N2O3S. The topological polar surface area (TPSA) is 80.5 Å². The van der Waals surface area contributed by atoms with Crippen LogP contribution in [0.2, 0.25) is 0 Å². The Bertz CT molecular complexity index is 542. The van der Waals surface area contributed by atoms with Gasteiger partial charge in [-0.1, -0.05) is 13.0 Å². The van der Waals surface area contributed by atoms with Crippen molar-refractivity contribution in [3.8, 4) is 0 Å². The van der Waals surface area contributed by atoms with Gasteiger partial charge in [-0.05, 0) is 12.1 Å². The smallest absolute Gasteiger partial charge is 0.263 e. The van der Waals surface area contributed by atoms with Crippen LogP contribution in [-0.2, 0) is 10.8 Å². The minimum atomic E-state index is -1.00. The summed E-state index contributed by atoms with van der Waals surface area (Å²) in [5, 5.41) is 0. The Hall–Kier alpha value is -1.69. The molecule has 2 rings (SSSR count). The van der Waals surface area contributed by atoms with E-state index in [1.165, 1.54) is 0 Å². The molecule has 0 saturated heterocycles. The number of nitrogens with zero attached hydrogens (tertiary/aromatic N) is 1. The number of rotatable bonds is 4. The standard InChI is InChI=1S/C12H14N2O3S/c1-2-18(17)7-6-14-11(15)8-4-3-5-9(13)10(8)12(14)16/h3-5H,2,6-7,13H2,1H3. The minimum Gasteiger partial charge on any atom is -0.398 e. The second-order valence-corrected chi connectivity index (χ2v) is 5.83. The highest BCUT2D eigenvalue weighted by molar-refractivity contribution is 7.84. The summed E-state index contributed by atoms with van der Waals surface area (Å²) in [6, 6.07) is 4.83. The van der Waals surface area contributed by atoms with Crippen molar-refractivity contribution in [3.63, 3.8) is 0 Å². The quantitative estimate of drug-likeness (QED) is 0.640. The summed E-state index contributed by atoms with van der Waals surface area (Å²) in [4.78, 5) is 25.2. The SMILES string of the molecule is CCS(=O)CCN1C(=O)c2cccc(N)c2C1=O. The molecule has 96 valence electrons. The highest BCUT2D eigenvalue weighted by Crippen LogP contribution is 2.27. The van der Waals surface area contributed by atoms with Crippen LogP contribution in [0.4, 0.5) is 5.69 Å². The lowest BCUT2D eigenvalue weighted by Gasteiger charge is -2.12. The monoisotopic (exact) mass is 266 g/mol. The maximum atomic E-state index is 12.1. The number of imide groups is 1. The molecule has 1 aromatic carbocycles. The zero-order valence-corrected chi connectivity index (χ0v) is 10.8. The molecule has 1 heterocycles. The molecule has 0 fully saturated rings. The van der Waals surface area contributed by atoms with Gasteiger partial charge in [0.1, 0.15) is 0 Å². The minimum absolute atomic E-state index is 0.173. The van der Waals surface area contributed by atoms with Gasteiger partial charge in [0.15, 0.2) is 0 Å². The number of carbonyl (C=O) groups excluding carboxylic acids is 2. The number of hydrogen-bond donors (Lipinski definition) is 1. The van der Waals surface area contributed by atoms with Crippen molar-refractivity contribution in [3.05, 3.63) is 29.3 Å². The normalized spacial score (nSPS) is 15.9. The molecule has 0 spiro atoms. The predicted molar refractivity (Wildman–Crippen MR) is 69.8 cm³/mol. The van der Waals surface area contributed by atoms with Gasteiger partial charge in [0.05, 0.1) is 11.1 Å². The van der Waals surface area contributed by atoms with Gasteiger partial charge in [-0.2, -0.15) is 0 Å². The molecule has 0 saturated carbocycles. The third-order valence-corrected chi connectivity index (χ3v) is 4.18. The summed E-state index contributed by atoms with van der Waals surface area (Å²) < 4.78 is 11.4. The molecule has 18 heavy (non-hydrogen) atoms. The number of hydrogen-bond acceptors (Lipinski definition) is 4. The van der Waals surface area contributed by atoms with E-state index in [9.17, 15) is 13.8 Å². The average molecular weight is 266 g/mol. The molecule has 6 heteroatoms. The highest BCUT2D eigenvalue weighted by atomic mass is 32.2. The fourth-order valence-electron chi connectivity index (χ4n) is 1.90. The van der Waals surface area contributed by atoms with Crippen LogP contribution >= 0.6 is 0 Å². The van der Waals surface area contributed by atoms with E-state index in [2.05, 4.69) is 0 Å². The molecule has 1 unspecified atom stereocenters. The Balaban J connectivity index is 2.24. The van der Waals surface area contributed by atoms with Crippen molar-refractivity contribution in [1.29, 1.82) is 0 Å². The van der Waals surface area contributed by atoms with E-state index in [0.29, 0.717) is 22.8 Å². The summed E-state index contributed by atoms with van der Waals surface area (Å²) in [7, 11) is -1.00. The van der Waals surface area contributed by atoms with Crippen LogP contribution in [0.5, 0.6) is 0 Å². The molecule has 2 amide bonds. The number of amides is 2. The number of nitrogen functional groups attached to an aromatic ring is 1. The third-order valence-electron chi connectivity index (χ3n) is 2.90. The van der Waals surface area contributed by atoms with E-state index in [4.69, 9.17) is 5.73 Å². The fraction of sp³-hybridized carbons (Fsp3) is 0.333. The van der Waals surface area contributed by atoms with Crippen molar-refractivity contribution < 1.29 is 13.8 Å². The Kier molecular flexibility index (Phi) is 3.47. The number of carbonyl (C=O) groups is 2. The number of benzene rings is 1. The van der Waals surface area contributed by atoms with Gasteiger partial charge in [-0.15, -0.1) is 0 Å². The third kappa shape index (κ3) is 2.03. The molecular weight excluding hydrogens is 252 g/mol. The zero-order chi connectivity index (χ0) is 13.3. The lowest BCUT2D eigenvalue weighted by molar-refractivity contribution is 0.0664. The van der Waals surface area contributed by atoms with E-state index in [-0.39, 0.29) is 23.9 Å². The van der Waals surface area contributed by atoms with Crippen molar-refractivity contribution in [2.24, 2.45) is 0 Å². The van der Waals surface area contributed by atoms with Crippen LogP contribution < -0.4 is 5.73 Å². The first-order chi connectivity index (χ1) is 8.56. The van der Waals surface area contributed by atoms with E-state index in [1.54, 1.807) is 25.1 Å². The fourth-order valence-corrected chi connectivity index (χ4v) is 2.58. The zero-order valence-electron chi connectivity index (χ0n) is 10.0. The van der Waals surface area contributed by atoms with Crippen LogP contribution in [0.3, 0.4) is 0 Å². The second-order valence-electron chi connectivity index (χ2n) is 3.96. The van der Waals surface area contributed by atoms with Gasteiger partial charge < -0.3 is 5.73 Å². The Labute approximate surface area is 107 Å². The molecule has 1 aliphatic heterocycles. The van der Waals surface area contributed by atoms with Crippen molar-refractivity contribution >= 4 is 28.3 Å². The first-order valence-electron chi connectivity index (χ1n) is 5.66. The van der Waals surface area contributed by atoms with Gasteiger partial charge in [-0.3, -0.25) is 18.7 Å². The van der Waals surface area contributed by atoms with Crippen LogP contribution in [-0.4, -0.2) is 39.0 Å². The Morgan fingerprint density at radius 2 is 2.00 bits per heavy atom. The maximum absolute atomic E-state index is 12.1. The van der Waals surface area contributed by atoms with Crippen LogP contribution in [0, 0.1) is 0 Å². The maximum Gasteiger partial charge on any atom is 0.263 e. The van der Waals surface area contributed by atoms with Gasteiger partial charge in [0.2, 0.25) is 0 Å². The Morgan fingerprint density at radius 3 is 2.61 bits per heavy atom. The van der Waals surface area contributed by atoms with E-state index >= 15 is 0 Å². The molecule has 1 aliphatic rings. The van der Waals surface area contributed by atoms with Crippen LogP contribution in [0.15, 0.2) is 18.2 Å². The summed E-state index contributed by atoms with van der Waals surface area (Å²) >= 11 is 0. The van der Waals surface area contributed by atoms with Gasteiger partial charge in [0.25, 0.3) is 11.8 Å². The lowest BCUT2D eigenvalue weighted by atomic mass is 10.1. The molecule has 5 nitrogen and oxygen atoms in total. The average Bonchev–Trinajstić information content (AvgIpc) is 2.60. The van der Waals surface area contributed by atoms with Crippen molar-refractivity contribution in [2.45, 2.75) is 6.92 Å². The van der Waals surface area contributed by atoms with E-state index in [0.717, 1.165) is 4.90 Å². The summed E-state index contributed by atoms with van der Waals surface area (Å²) in [5.74, 6) is 0.0873. The van der Waals surface area contributed by atoms with Crippen molar-refractivity contribution in [2.75, 3.05) is 23.8 Å². The van der Waals surface area contributed by atoms with Crippen molar-refractivity contribution in [1.82, 2.24) is 4.90 Å².